The topological polar surface area (TPSA) is 95.2 Å². The van der Waals surface area contributed by atoms with E-state index >= 15 is 0 Å². The molecule has 0 aromatic carbocycles. The lowest BCUT2D eigenvalue weighted by atomic mass is 9.95. The van der Waals surface area contributed by atoms with Crippen molar-refractivity contribution < 1.29 is 33.5 Å². The molecule has 0 saturated heterocycles. The second kappa shape index (κ2) is 8.00. The maximum absolute atomic E-state index is 8.49. The number of hydrogen-bond donors (Lipinski definition) is 0. The van der Waals surface area contributed by atoms with Gasteiger partial charge in [-0.2, -0.15) is 0 Å². The number of unbranched alkanes of at least 4 members (excludes halogenated alkanes) is 1. The van der Waals surface area contributed by atoms with E-state index in [9.17, 15) is 0 Å². The predicted molar refractivity (Wildman–Crippen MR) is 53.9 cm³/mol. The minimum Gasteiger partial charge on any atom is -0.239 e. The van der Waals surface area contributed by atoms with Gasteiger partial charge < -0.3 is 0 Å². The third-order valence-corrected chi connectivity index (χ3v) is 2.58. The molecule has 17 heavy (non-hydrogen) atoms. The van der Waals surface area contributed by atoms with Gasteiger partial charge in [0.2, 0.25) is 0 Å². The average molecular weight is 268 g/mol. The molecule has 0 amide bonds. The second-order valence-corrected chi connectivity index (χ2v) is 5.45. The molecule has 0 radical (unpaired) electrons. The quantitative estimate of drug-likeness (QED) is 0.542. The van der Waals surface area contributed by atoms with Crippen molar-refractivity contribution in [2.75, 3.05) is 13.1 Å². The highest BCUT2D eigenvalue weighted by Gasteiger charge is 2.20. The van der Waals surface area contributed by atoms with E-state index in [2.05, 4.69) is 31.6 Å². The molecule has 1 aliphatic rings. The van der Waals surface area contributed by atoms with Crippen LogP contribution in [-0.4, -0.2) is 23.9 Å². The molecule has 0 spiro atoms. The van der Waals surface area contributed by atoms with Crippen LogP contribution in [0.4, 0.5) is 0 Å². The van der Waals surface area contributed by atoms with E-state index in [1.54, 1.807) is 0 Å². The van der Waals surface area contributed by atoms with E-state index in [-0.39, 0.29) is 0 Å². The summed E-state index contributed by atoms with van der Waals surface area (Å²) in [6.07, 6.45) is 6.46. The molecule has 0 aliphatic carbocycles. The normalized spacial score (nSPS) is 24.8. The first-order valence-electron chi connectivity index (χ1n) is 5.93. The molecule has 102 valence electrons. The lowest BCUT2D eigenvalue weighted by molar-refractivity contribution is -2.00. The molecule has 2 atom stereocenters. The fourth-order valence-corrected chi connectivity index (χ4v) is 2.12. The van der Waals surface area contributed by atoms with Crippen molar-refractivity contribution in [1.82, 2.24) is 0 Å². The highest BCUT2D eigenvalue weighted by Crippen LogP contribution is 2.15. The fraction of sp³-hybridized carbons (Fsp3) is 0.909. The monoisotopic (exact) mass is 267 g/mol. The van der Waals surface area contributed by atoms with Gasteiger partial charge in [0, 0.05) is 18.3 Å². The van der Waals surface area contributed by atoms with Crippen LogP contribution in [0.15, 0.2) is 0 Å². The van der Waals surface area contributed by atoms with Crippen LogP contribution in [0.25, 0.3) is 0 Å². The minimum atomic E-state index is -4.94. The molecule has 0 bridgehead atoms. The van der Waals surface area contributed by atoms with E-state index in [1.807, 2.05) is 0 Å². The Morgan fingerprint density at radius 2 is 1.76 bits per heavy atom. The molecule has 0 saturated carbocycles. The lowest BCUT2D eigenvalue weighted by Crippen LogP contribution is -2.68. The van der Waals surface area contributed by atoms with Gasteiger partial charge in [0.05, 0.1) is 0 Å². The first-order chi connectivity index (χ1) is 7.72. The Kier molecular flexibility index (Phi) is 7.91. The van der Waals surface area contributed by atoms with Crippen LogP contribution in [0.2, 0.25) is 0 Å². The number of rotatable bonds is 3. The summed E-state index contributed by atoms with van der Waals surface area (Å²) in [5.74, 6) is 1.69. The summed E-state index contributed by atoms with van der Waals surface area (Å²) in [6.45, 7) is 9.50. The van der Waals surface area contributed by atoms with Crippen LogP contribution in [0.3, 0.4) is 0 Å². The number of halogens is 1. The molecule has 0 aromatic rings. The number of hydrogen-bond acceptors (Lipinski definition) is 4. The van der Waals surface area contributed by atoms with Crippen molar-refractivity contribution in [2.24, 2.45) is 11.8 Å². The van der Waals surface area contributed by atoms with Crippen LogP contribution in [0, 0.1) is 22.1 Å². The Balaban J connectivity index is 0.000000437. The molecule has 5 nitrogen and oxygen atoms in total. The van der Waals surface area contributed by atoms with Gasteiger partial charge in [0.1, 0.15) is 19.3 Å². The molecule has 1 aliphatic heterocycles. The van der Waals surface area contributed by atoms with Crippen LogP contribution in [-0.2, 0) is 0 Å². The standard InChI is InChI=1S/C11H22N.ClHO4/c1-4-5-6-12-8-10(2)7-11(3)9-12;2-1(3,4)5/h8,10-11H,4-7,9H2,1-3H3;(H,2,3,4,5)/q+1;/p-1. The Morgan fingerprint density at radius 3 is 2.18 bits per heavy atom. The molecule has 1 heterocycles. The summed E-state index contributed by atoms with van der Waals surface area (Å²) in [4.78, 5) is 0. The van der Waals surface area contributed by atoms with Gasteiger partial charge in [0.15, 0.2) is 0 Å². The maximum Gasteiger partial charge on any atom is 0.145 e. The molecular formula is C11H22ClNO4. The van der Waals surface area contributed by atoms with Crippen LogP contribution < -0.4 is 18.6 Å². The van der Waals surface area contributed by atoms with Crippen molar-refractivity contribution >= 4 is 6.21 Å². The van der Waals surface area contributed by atoms with E-state index in [0.29, 0.717) is 0 Å². The van der Waals surface area contributed by atoms with E-state index < -0.39 is 10.2 Å². The second-order valence-electron chi connectivity index (χ2n) is 4.69. The van der Waals surface area contributed by atoms with E-state index in [1.165, 1.54) is 32.4 Å². The fourth-order valence-electron chi connectivity index (χ4n) is 2.12. The summed E-state index contributed by atoms with van der Waals surface area (Å²) < 4.78 is 36.5. The van der Waals surface area contributed by atoms with Gasteiger partial charge in [-0.05, 0) is 6.42 Å². The van der Waals surface area contributed by atoms with Crippen LogP contribution >= 0.6 is 0 Å². The molecule has 1 rings (SSSR count). The summed E-state index contributed by atoms with van der Waals surface area (Å²) in [5, 5.41) is 0. The summed E-state index contributed by atoms with van der Waals surface area (Å²) in [7, 11) is -4.94. The average Bonchev–Trinajstić information content (AvgIpc) is 2.10. The lowest BCUT2D eigenvalue weighted by Gasteiger charge is -2.18. The highest BCUT2D eigenvalue weighted by atomic mass is 35.7. The SMILES string of the molecule is CCCC[N+]1=CC(C)CC(C)C1.[O-][Cl+3]([O-])([O-])[O-]. The van der Waals surface area contributed by atoms with Crippen molar-refractivity contribution in [3.8, 4) is 0 Å². The van der Waals surface area contributed by atoms with Gasteiger partial charge in [0.25, 0.3) is 0 Å². The van der Waals surface area contributed by atoms with Gasteiger partial charge in [-0.25, -0.2) is 23.2 Å². The zero-order valence-electron chi connectivity index (χ0n) is 10.7. The van der Waals surface area contributed by atoms with Gasteiger partial charge in [-0.3, -0.25) is 0 Å². The van der Waals surface area contributed by atoms with E-state index in [0.717, 1.165) is 11.8 Å². The minimum absolute atomic E-state index is 0.797. The molecule has 0 fully saturated rings. The smallest absolute Gasteiger partial charge is 0.145 e. The van der Waals surface area contributed by atoms with Crippen molar-refractivity contribution in [3.05, 3.63) is 0 Å². The molecular weight excluding hydrogens is 246 g/mol. The van der Waals surface area contributed by atoms with Gasteiger partial charge in [-0.1, -0.05) is 27.2 Å². The molecule has 0 N–H and O–H groups in total. The number of nitrogens with zero attached hydrogens (tertiary/aromatic N) is 1. The molecule has 6 heteroatoms. The third-order valence-electron chi connectivity index (χ3n) is 2.58. The van der Waals surface area contributed by atoms with Gasteiger partial charge >= 0.3 is 0 Å². The van der Waals surface area contributed by atoms with Crippen LogP contribution in [0.5, 0.6) is 0 Å². The van der Waals surface area contributed by atoms with Crippen LogP contribution in [0.1, 0.15) is 40.0 Å². The molecule has 0 aromatic heterocycles. The Hall–Kier alpha value is -0.200. The highest BCUT2D eigenvalue weighted by molar-refractivity contribution is 5.55. The zero-order valence-corrected chi connectivity index (χ0v) is 11.5. The van der Waals surface area contributed by atoms with Crippen molar-refractivity contribution in [3.63, 3.8) is 0 Å². The Bertz CT molecular complexity index is 234. The van der Waals surface area contributed by atoms with Crippen molar-refractivity contribution in [2.45, 2.75) is 40.0 Å². The maximum atomic E-state index is 8.49. The van der Waals surface area contributed by atoms with Gasteiger partial charge in [-0.15, -0.1) is 10.2 Å². The predicted octanol–water partition coefficient (Wildman–Crippen LogP) is -2.21. The first kappa shape index (κ1) is 16.8. The largest absolute Gasteiger partial charge is 0.239 e. The van der Waals surface area contributed by atoms with Crippen molar-refractivity contribution in [1.29, 1.82) is 0 Å². The van der Waals surface area contributed by atoms with E-state index in [4.69, 9.17) is 18.6 Å². The summed E-state index contributed by atoms with van der Waals surface area (Å²) >= 11 is 0. The Labute approximate surface area is 105 Å². The summed E-state index contributed by atoms with van der Waals surface area (Å²) in [6, 6.07) is 0. The zero-order chi connectivity index (χ0) is 13.5. The molecule has 2 unspecified atom stereocenters. The summed E-state index contributed by atoms with van der Waals surface area (Å²) in [5.41, 5.74) is 0. The first-order valence-corrected chi connectivity index (χ1v) is 7.16. The Morgan fingerprint density at radius 1 is 1.24 bits per heavy atom. The third kappa shape index (κ3) is 12.1.